The van der Waals surface area contributed by atoms with Gasteiger partial charge in [-0.25, -0.2) is 14.6 Å². The van der Waals surface area contributed by atoms with Crippen molar-refractivity contribution in [3.8, 4) is 0 Å². The van der Waals surface area contributed by atoms with Crippen molar-refractivity contribution in [1.82, 2.24) is 5.01 Å². The maximum Gasteiger partial charge on any atom is 0.328 e. The average Bonchev–Trinajstić information content (AvgIpc) is 2.17. The molecule has 0 aromatic heterocycles. The van der Waals surface area contributed by atoms with Crippen LogP contribution in [0.1, 0.15) is 19.3 Å². The zero-order chi connectivity index (χ0) is 11.7. The smallest absolute Gasteiger partial charge is 0.328 e. The molecule has 0 bridgehead atoms. The molecule has 1 saturated heterocycles. The van der Waals surface area contributed by atoms with Gasteiger partial charge in [0.1, 0.15) is 0 Å². The number of hydrazine groups is 1. The third-order valence-corrected chi connectivity index (χ3v) is 1.76. The molecule has 6 heteroatoms. The molecule has 0 aromatic carbocycles. The van der Waals surface area contributed by atoms with Gasteiger partial charge in [-0.3, -0.25) is 5.84 Å². The minimum atomic E-state index is -1.26. The van der Waals surface area contributed by atoms with Gasteiger partial charge >= 0.3 is 11.9 Å². The van der Waals surface area contributed by atoms with E-state index in [4.69, 9.17) is 16.1 Å². The largest absolute Gasteiger partial charge is 0.478 e. The topological polar surface area (TPSA) is 104 Å². The van der Waals surface area contributed by atoms with E-state index in [-0.39, 0.29) is 0 Å². The van der Waals surface area contributed by atoms with E-state index in [1.165, 1.54) is 19.3 Å². The molecule has 0 amide bonds. The van der Waals surface area contributed by atoms with Gasteiger partial charge in [0.25, 0.3) is 0 Å². The molecule has 86 valence electrons. The number of rotatable bonds is 2. The van der Waals surface area contributed by atoms with Crippen LogP contribution < -0.4 is 5.84 Å². The van der Waals surface area contributed by atoms with Crippen LogP contribution in [0.15, 0.2) is 12.2 Å². The Kier molecular flexibility index (Phi) is 7.21. The van der Waals surface area contributed by atoms with Crippen LogP contribution in [0.25, 0.3) is 0 Å². The van der Waals surface area contributed by atoms with Gasteiger partial charge in [-0.15, -0.1) is 0 Å². The molecule has 1 heterocycles. The highest BCUT2D eigenvalue weighted by atomic mass is 16.4. The Hall–Kier alpha value is -1.40. The summed E-state index contributed by atoms with van der Waals surface area (Å²) in [6.45, 7) is 2.19. The standard InChI is InChI=1S/C5H12N2.C4H4O4/c6-7-4-2-1-3-5-7;5-3(6)1-2-4(7)8/h1-6H2;1-2H,(H,5,6)(H,7,8)/b;2-1-. The van der Waals surface area contributed by atoms with E-state index in [1.807, 2.05) is 5.01 Å². The fourth-order valence-corrected chi connectivity index (χ4v) is 1.06. The normalized spacial score (nSPS) is 16.9. The third-order valence-electron chi connectivity index (χ3n) is 1.76. The van der Waals surface area contributed by atoms with Crippen LogP contribution in [0, 0.1) is 0 Å². The van der Waals surface area contributed by atoms with Gasteiger partial charge in [0.05, 0.1) is 0 Å². The lowest BCUT2D eigenvalue weighted by Crippen LogP contribution is -2.35. The zero-order valence-electron chi connectivity index (χ0n) is 8.43. The van der Waals surface area contributed by atoms with Crippen molar-refractivity contribution in [3.63, 3.8) is 0 Å². The average molecular weight is 216 g/mol. The van der Waals surface area contributed by atoms with E-state index in [0.717, 1.165) is 13.1 Å². The van der Waals surface area contributed by atoms with Gasteiger partial charge in [-0.05, 0) is 12.8 Å². The number of carboxylic acids is 2. The maximum atomic E-state index is 9.55. The van der Waals surface area contributed by atoms with Gasteiger partial charge < -0.3 is 10.2 Å². The van der Waals surface area contributed by atoms with Crippen molar-refractivity contribution < 1.29 is 19.8 Å². The Morgan fingerprint density at radius 1 is 1.00 bits per heavy atom. The van der Waals surface area contributed by atoms with Crippen LogP contribution in [0.5, 0.6) is 0 Å². The molecule has 0 spiro atoms. The summed E-state index contributed by atoms with van der Waals surface area (Å²) in [5.41, 5.74) is 0. The Bertz CT molecular complexity index is 218. The molecule has 1 rings (SSSR count). The molecule has 1 aliphatic rings. The molecule has 6 nitrogen and oxygen atoms in total. The SMILES string of the molecule is NN1CCCCC1.O=C(O)/C=C\C(=O)O. The van der Waals surface area contributed by atoms with Gasteiger partial charge in [-0.1, -0.05) is 6.42 Å². The van der Waals surface area contributed by atoms with E-state index < -0.39 is 11.9 Å². The predicted molar refractivity (Wildman–Crippen MR) is 54.0 cm³/mol. The highest BCUT2D eigenvalue weighted by Gasteiger charge is 2.02. The molecule has 0 atom stereocenters. The number of aliphatic carboxylic acids is 2. The zero-order valence-corrected chi connectivity index (χ0v) is 8.43. The van der Waals surface area contributed by atoms with E-state index in [0.29, 0.717) is 12.2 Å². The van der Waals surface area contributed by atoms with Crippen LogP contribution in [-0.4, -0.2) is 40.3 Å². The molecule has 15 heavy (non-hydrogen) atoms. The lowest BCUT2D eigenvalue weighted by molar-refractivity contribution is -0.134. The summed E-state index contributed by atoms with van der Waals surface area (Å²) in [5, 5.41) is 17.5. The number of carboxylic acid groups (broad SMARTS) is 2. The molecule has 1 aliphatic heterocycles. The van der Waals surface area contributed by atoms with E-state index in [9.17, 15) is 9.59 Å². The van der Waals surface area contributed by atoms with E-state index in [1.54, 1.807) is 0 Å². The number of nitrogens with zero attached hydrogens (tertiary/aromatic N) is 1. The van der Waals surface area contributed by atoms with Crippen molar-refractivity contribution in [2.24, 2.45) is 5.84 Å². The number of piperidine rings is 1. The minimum Gasteiger partial charge on any atom is -0.478 e. The van der Waals surface area contributed by atoms with Gasteiger partial charge in [0, 0.05) is 25.2 Å². The van der Waals surface area contributed by atoms with Crippen molar-refractivity contribution in [2.45, 2.75) is 19.3 Å². The fraction of sp³-hybridized carbons (Fsp3) is 0.556. The second-order valence-electron chi connectivity index (χ2n) is 3.11. The van der Waals surface area contributed by atoms with Crippen molar-refractivity contribution in [1.29, 1.82) is 0 Å². The summed E-state index contributed by atoms with van der Waals surface area (Å²) in [6.07, 6.45) is 5.06. The molecule has 0 aromatic rings. The summed E-state index contributed by atoms with van der Waals surface area (Å²) < 4.78 is 0. The minimum absolute atomic E-state index is 0.558. The Morgan fingerprint density at radius 2 is 1.40 bits per heavy atom. The van der Waals surface area contributed by atoms with Crippen LogP contribution in [0.2, 0.25) is 0 Å². The molecule has 0 saturated carbocycles. The van der Waals surface area contributed by atoms with Crippen LogP contribution in [-0.2, 0) is 9.59 Å². The van der Waals surface area contributed by atoms with Crippen LogP contribution >= 0.6 is 0 Å². The number of hydrogen-bond acceptors (Lipinski definition) is 4. The fourth-order valence-electron chi connectivity index (χ4n) is 1.06. The first kappa shape index (κ1) is 13.6. The molecular formula is C9H16N2O4. The third kappa shape index (κ3) is 10.5. The second kappa shape index (κ2) is 7.95. The molecule has 4 N–H and O–H groups in total. The number of nitrogens with two attached hydrogens (primary N) is 1. The highest BCUT2D eigenvalue weighted by Crippen LogP contribution is 2.03. The molecule has 0 unspecified atom stereocenters. The molecule has 1 fully saturated rings. The van der Waals surface area contributed by atoms with E-state index in [2.05, 4.69) is 0 Å². The molecule has 0 radical (unpaired) electrons. The van der Waals surface area contributed by atoms with Crippen molar-refractivity contribution >= 4 is 11.9 Å². The first-order chi connectivity index (χ1) is 7.02. The quantitative estimate of drug-likeness (QED) is 0.445. The highest BCUT2D eigenvalue weighted by molar-refractivity contribution is 5.89. The summed E-state index contributed by atoms with van der Waals surface area (Å²) in [4.78, 5) is 19.1. The number of carbonyl (C=O) groups is 2. The molecule has 0 aliphatic carbocycles. The van der Waals surface area contributed by atoms with Crippen molar-refractivity contribution in [2.75, 3.05) is 13.1 Å². The number of hydrogen-bond donors (Lipinski definition) is 3. The summed E-state index contributed by atoms with van der Waals surface area (Å²) >= 11 is 0. The summed E-state index contributed by atoms with van der Waals surface area (Å²) in [5.74, 6) is 2.95. The summed E-state index contributed by atoms with van der Waals surface area (Å²) in [6, 6.07) is 0. The Morgan fingerprint density at radius 3 is 1.60 bits per heavy atom. The lowest BCUT2D eigenvalue weighted by Gasteiger charge is -2.20. The van der Waals surface area contributed by atoms with Gasteiger partial charge in [0.15, 0.2) is 0 Å². The maximum absolute atomic E-state index is 9.55. The summed E-state index contributed by atoms with van der Waals surface area (Å²) in [7, 11) is 0. The van der Waals surface area contributed by atoms with Gasteiger partial charge in [0.2, 0.25) is 0 Å². The van der Waals surface area contributed by atoms with Crippen LogP contribution in [0.3, 0.4) is 0 Å². The Balaban J connectivity index is 0.000000262. The first-order valence-electron chi connectivity index (χ1n) is 4.66. The Labute approximate surface area is 88.0 Å². The van der Waals surface area contributed by atoms with E-state index >= 15 is 0 Å². The predicted octanol–water partition coefficient (Wildman–Crippen LogP) is 0.0578. The second-order valence-corrected chi connectivity index (χ2v) is 3.11. The first-order valence-corrected chi connectivity index (χ1v) is 4.66. The molecular weight excluding hydrogens is 200 g/mol. The monoisotopic (exact) mass is 216 g/mol. The van der Waals surface area contributed by atoms with Crippen molar-refractivity contribution in [3.05, 3.63) is 12.2 Å². The lowest BCUT2D eigenvalue weighted by atomic mass is 10.2. The van der Waals surface area contributed by atoms with Gasteiger partial charge in [-0.2, -0.15) is 0 Å². The van der Waals surface area contributed by atoms with Crippen LogP contribution in [0.4, 0.5) is 0 Å².